The second-order valence-electron chi connectivity index (χ2n) is 1.14. The van der Waals surface area contributed by atoms with Crippen molar-refractivity contribution in [3.8, 4) is 0 Å². The summed E-state index contributed by atoms with van der Waals surface area (Å²) in [7, 11) is 0. The van der Waals surface area contributed by atoms with Gasteiger partial charge >= 0.3 is 0 Å². The van der Waals surface area contributed by atoms with Gasteiger partial charge in [0.25, 0.3) is 0 Å². The minimum absolute atomic E-state index is 1.69. The Morgan fingerprint density at radius 3 is 3.29 bits per heavy atom. The summed E-state index contributed by atoms with van der Waals surface area (Å²) in [6.45, 7) is 0. The van der Waals surface area contributed by atoms with Crippen LogP contribution in [-0.2, 0) is 0 Å². The van der Waals surface area contributed by atoms with Gasteiger partial charge in [0.15, 0.2) is 0 Å². The van der Waals surface area contributed by atoms with E-state index in [1.807, 2.05) is 12.3 Å². The second kappa shape index (κ2) is 2.18. The fourth-order valence-corrected chi connectivity index (χ4v) is 0.340. The minimum Gasteiger partial charge on any atom is -0.366 e. The third kappa shape index (κ3) is 1.22. The van der Waals surface area contributed by atoms with Crippen LogP contribution in [0.1, 0.15) is 0 Å². The first-order valence-corrected chi connectivity index (χ1v) is 2.09. The number of nitrogens with zero attached hydrogens (tertiary/aromatic N) is 1. The molecule has 0 aromatic carbocycles. The summed E-state index contributed by atoms with van der Waals surface area (Å²) in [5, 5.41) is 2.86. The van der Waals surface area contributed by atoms with Crippen LogP contribution in [-0.4, -0.2) is 6.21 Å². The third-order valence-electron chi connectivity index (χ3n) is 0.621. The summed E-state index contributed by atoms with van der Waals surface area (Å²) < 4.78 is 0. The summed E-state index contributed by atoms with van der Waals surface area (Å²) >= 11 is 0. The Hall–Kier alpha value is -1.05. The molecule has 0 aromatic heterocycles. The fraction of sp³-hybridized carbons (Fsp3) is 0. The van der Waals surface area contributed by atoms with Crippen LogP contribution in [0.15, 0.2) is 29.7 Å². The lowest BCUT2D eigenvalue weighted by Crippen LogP contribution is -1.87. The van der Waals surface area contributed by atoms with Gasteiger partial charge in [-0.1, -0.05) is 0 Å². The maximum Gasteiger partial charge on any atom is 0.0427 e. The van der Waals surface area contributed by atoms with Crippen molar-refractivity contribution in [2.45, 2.75) is 0 Å². The molecule has 0 aliphatic carbocycles. The van der Waals surface area contributed by atoms with Gasteiger partial charge < -0.3 is 5.32 Å². The van der Waals surface area contributed by atoms with Gasteiger partial charge in [-0.05, 0) is 6.08 Å². The van der Waals surface area contributed by atoms with Gasteiger partial charge in [-0.2, -0.15) is 0 Å². The smallest absolute Gasteiger partial charge is 0.0427 e. The van der Waals surface area contributed by atoms with Crippen LogP contribution in [0.25, 0.3) is 0 Å². The third-order valence-corrected chi connectivity index (χ3v) is 0.621. The van der Waals surface area contributed by atoms with Gasteiger partial charge in [0.2, 0.25) is 0 Å². The highest BCUT2D eigenvalue weighted by Crippen LogP contribution is 1.75. The van der Waals surface area contributed by atoms with Gasteiger partial charge in [0, 0.05) is 24.8 Å². The molecule has 0 radical (unpaired) electrons. The molecule has 1 aliphatic heterocycles. The minimum atomic E-state index is 1.69. The summed E-state index contributed by atoms with van der Waals surface area (Å²) in [5.74, 6) is 0. The van der Waals surface area contributed by atoms with Crippen molar-refractivity contribution in [2.24, 2.45) is 4.99 Å². The first-order valence-electron chi connectivity index (χ1n) is 2.09. The van der Waals surface area contributed by atoms with Gasteiger partial charge in [0.05, 0.1) is 0 Å². The Balaban J connectivity index is 2.60. The standard InChI is InChI=1S/C5H6N2/c1-2-6-4-5-7-3-1/h1-6H. The number of allylic oxidation sites excluding steroid dienone is 1. The highest BCUT2D eigenvalue weighted by atomic mass is 14.8. The molecular weight excluding hydrogens is 88.1 g/mol. The Morgan fingerprint density at radius 1 is 1.29 bits per heavy atom. The van der Waals surface area contributed by atoms with Crippen molar-refractivity contribution in [3.05, 3.63) is 24.7 Å². The van der Waals surface area contributed by atoms with E-state index in [0.29, 0.717) is 0 Å². The van der Waals surface area contributed by atoms with E-state index in [-0.39, 0.29) is 0 Å². The summed E-state index contributed by atoms with van der Waals surface area (Å²) in [4.78, 5) is 3.82. The van der Waals surface area contributed by atoms with E-state index in [4.69, 9.17) is 0 Å². The molecule has 1 heterocycles. The molecule has 0 saturated carbocycles. The van der Waals surface area contributed by atoms with E-state index < -0.39 is 0 Å². The molecular formula is C5H6N2. The monoisotopic (exact) mass is 94.1 g/mol. The van der Waals surface area contributed by atoms with Crippen molar-refractivity contribution < 1.29 is 0 Å². The van der Waals surface area contributed by atoms with Gasteiger partial charge in [-0.15, -0.1) is 0 Å². The van der Waals surface area contributed by atoms with Crippen molar-refractivity contribution in [1.29, 1.82) is 0 Å². The van der Waals surface area contributed by atoms with Gasteiger partial charge in [-0.25, -0.2) is 0 Å². The second-order valence-corrected chi connectivity index (χ2v) is 1.14. The first-order chi connectivity index (χ1) is 3.50. The normalized spacial score (nSPS) is 16.0. The topological polar surface area (TPSA) is 24.4 Å². The Bertz CT molecular complexity index is 108. The van der Waals surface area contributed by atoms with E-state index in [1.165, 1.54) is 0 Å². The lowest BCUT2D eigenvalue weighted by Gasteiger charge is -1.78. The average molecular weight is 94.1 g/mol. The zero-order valence-corrected chi connectivity index (χ0v) is 3.83. The zero-order valence-electron chi connectivity index (χ0n) is 3.83. The van der Waals surface area contributed by atoms with Crippen LogP contribution >= 0.6 is 0 Å². The quantitative estimate of drug-likeness (QED) is 0.468. The summed E-state index contributed by atoms with van der Waals surface area (Å²) in [5.41, 5.74) is 0. The number of hydrogen-bond acceptors (Lipinski definition) is 2. The Morgan fingerprint density at radius 2 is 2.29 bits per heavy atom. The fourth-order valence-electron chi connectivity index (χ4n) is 0.340. The molecule has 1 rings (SSSR count). The number of nitrogens with one attached hydrogen (secondary N) is 1. The number of aliphatic imine (C=N–C) groups is 1. The largest absolute Gasteiger partial charge is 0.366 e. The average Bonchev–Trinajstić information content (AvgIpc) is 1.90. The predicted molar refractivity (Wildman–Crippen MR) is 29.9 cm³/mol. The van der Waals surface area contributed by atoms with Crippen LogP contribution in [0.3, 0.4) is 0 Å². The van der Waals surface area contributed by atoms with E-state index in [9.17, 15) is 0 Å². The van der Waals surface area contributed by atoms with Crippen LogP contribution in [0, 0.1) is 0 Å². The lowest BCUT2D eigenvalue weighted by molar-refractivity contribution is 1.19. The van der Waals surface area contributed by atoms with E-state index in [1.54, 1.807) is 18.6 Å². The zero-order chi connectivity index (χ0) is 4.95. The predicted octanol–water partition coefficient (Wildman–Crippen LogP) is 0.645. The van der Waals surface area contributed by atoms with E-state index in [2.05, 4.69) is 10.3 Å². The molecule has 1 aliphatic rings. The number of hydrogen-bond donors (Lipinski definition) is 1. The molecule has 0 fully saturated rings. The van der Waals surface area contributed by atoms with E-state index in [0.717, 1.165) is 0 Å². The van der Waals surface area contributed by atoms with Gasteiger partial charge in [0.1, 0.15) is 0 Å². The first kappa shape index (κ1) is 4.12. The Kier molecular flexibility index (Phi) is 1.28. The molecule has 7 heavy (non-hydrogen) atoms. The highest BCUT2D eigenvalue weighted by molar-refractivity contribution is 5.71. The summed E-state index contributed by atoms with van der Waals surface area (Å²) in [6.07, 6.45) is 8.82. The lowest BCUT2D eigenvalue weighted by atomic mass is 10.7. The molecule has 2 heteroatoms. The highest BCUT2D eigenvalue weighted by Gasteiger charge is 1.68. The molecule has 0 atom stereocenters. The maximum absolute atomic E-state index is 3.82. The van der Waals surface area contributed by atoms with E-state index >= 15 is 0 Å². The van der Waals surface area contributed by atoms with Crippen molar-refractivity contribution in [2.75, 3.05) is 0 Å². The van der Waals surface area contributed by atoms with Crippen LogP contribution < -0.4 is 5.32 Å². The molecule has 0 spiro atoms. The number of rotatable bonds is 0. The van der Waals surface area contributed by atoms with Crippen molar-refractivity contribution in [1.82, 2.24) is 5.32 Å². The molecule has 0 unspecified atom stereocenters. The van der Waals surface area contributed by atoms with Crippen LogP contribution in [0.5, 0.6) is 0 Å². The molecule has 36 valence electrons. The molecule has 0 aromatic rings. The SMILES string of the molecule is C1=CNC=CN=C1. The molecule has 2 nitrogen and oxygen atoms in total. The van der Waals surface area contributed by atoms with Crippen LogP contribution in [0.4, 0.5) is 0 Å². The summed E-state index contributed by atoms with van der Waals surface area (Å²) in [6, 6.07) is 0. The van der Waals surface area contributed by atoms with Gasteiger partial charge in [-0.3, -0.25) is 4.99 Å². The van der Waals surface area contributed by atoms with Crippen molar-refractivity contribution in [3.63, 3.8) is 0 Å². The molecule has 0 amide bonds. The Labute approximate surface area is 42.3 Å². The van der Waals surface area contributed by atoms with Crippen molar-refractivity contribution >= 4 is 6.21 Å². The van der Waals surface area contributed by atoms with Crippen LogP contribution in [0.2, 0.25) is 0 Å². The maximum atomic E-state index is 3.82. The molecule has 0 bridgehead atoms. The molecule has 0 saturated heterocycles. The molecule has 1 N–H and O–H groups in total.